The summed E-state index contributed by atoms with van der Waals surface area (Å²) in [6.07, 6.45) is 4.25. The van der Waals surface area contributed by atoms with E-state index < -0.39 is 6.03 Å². The first-order valence-electron chi connectivity index (χ1n) is 8.20. The van der Waals surface area contributed by atoms with Crippen LogP contribution in [0.15, 0.2) is 24.3 Å². The average molecular weight is 354 g/mol. The number of carbonyl (C=O) groups excluding carboxylic acids is 2. The highest BCUT2D eigenvalue weighted by Crippen LogP contribution is 2.17. The highest BCUT2D eigenvalue weighted by Gasteiger charge is 2.18. The summed E-state index contributed by atoms with van der Waals surface area (Å²) >= 11 is 5.81. The van der Waals surface area contributed by atoms with E-state index in [0.29, 0.717) is 18.2 Å². The molecule has 24 heavy (non-hydrogen) atoms. The van der Waals surface area contributed by atoms with E-state index in [1.807, 2.05) is 0 Å². The van der Waals surface area contributed by atoms with Gasteiger partial charge >= 0.3 is 6.03 Å². The molecule has 0 spiro atoms. The minimum Gasteiger partial charge on any atom is -0.492 e. The molecule has 1 saturated carbocycles. The molecule has 7 heteroatoms. The number of halogens is 1. The molecule has 0 bridgehead atoms. The average Bonchev–Trinajstić information content (AvgIpc) is 3.01. The molecule has 1 aromatic rings. The summed E-state index contributed by atoms with van der Waals surface area (Å²) in [5, 5.41) is 5.85. The van der Waals surface area contributed by atoms with Crippen LogP contribution in [0.3, 0.4) is 0 Å². The van der Waals surface area contributed by atoms with Gasteiger partial charge in [-0.15, -0.1) is 0 Å². The molecule has 6 nitrogen and oxygen atoms in total. The van der Waals surface area contributed by atoms with E-state index in [0.717, 1.165) is 31.4 Å². The number of ether oxygens (including phenoxy) is 1. The van der Waals surface area contributed by atoms with Gasteiger partial charge in [0.05, 0.1) is 6.54 Å². The van der Waals surface area contributed by atoms with Crippen molar-refractivity contribution in [1.29, 1.82) is 0 Å². The van der Waals surface area contributed by atoms with Crippen LogP contribution in [0.4, 0.5) is 4.79 Å². The summed E-state index contributed by atoms with van der Waals surface area (Å²) in [6, 6.07) is 6.90. The molecular weight excluding hydrogens is 330 g/mol. The standard InChI is InChI=1S/C17H24ClN3O3/c1-21(10-11-24-15-8-6-13(18)7-9-15)12-16(22)20-17(23)19-14-4-2-3-5-14/h6-9,14H,2-5,10-12H2,1H3,(H2,19,20,22,23). The number of carbonyl (C=O) groups is 2. The third-order valence-electron chi connectivity index (χ3n) is 3.91. The minimum absolute atomic E-state index is 0.141. The quantitative estimate of drug-likeness (QED) is 0.789. The van der Waals surface area contributed by atoms with Gasteiger partial charge in [-0.2, -0.15) is 0 Å². The number of hydrogen-bond acceptors (Lipinski definition) is 4. The van der Waals surface area contributed by atoms with E-state index in [4.69, 9.17) is 16.3 Å². The fraction of sp³-hybridized carbons (Fsp3) is 0.529. The Hall–Kier alpha value is -1.79. The predicted octanol–water partition coefficient (Wildman–Crippen LogP) is 2.42. The third-order valence-corrected chi connectivity index (χ3v) is 4.16. The van der Waals surface area contributed by atoms with Gasteiger partial charge in [0.15, 0.2) is 0 Å². The van der Waals surface area contributed by atoms with Crippen LogP contribution in [-0.2, 0) is 4.79 Å². The maximum Gasteiger partial charge on any atom is 0.321 e. The Morgan fingerprint density at radius 1 is 1.25 bits per heavy atom. The van der Waals surface area contributed by atoms with Crippen LogP contribution in [0.2, 0.25) is 5.02 Å². The molecule has 0 saturated heterocycles. The van der Waals surface area contributed by atoms with Crippen molar-refractivity contribution in [1.82, 2.24) is 15.5 Å². The van der Waals surface area contributed by atoms with Crippen molar-refractivity contribution in [2.24, 2.45) is 0 Å². The Morgan fingerprint density at radius 3 is 2.58 bits per heavy atom. The highest BCUT2D eigenvalue weighted by molar-refractivity contribution is 6.30. The lowest BCUT2D eigenvalue weighted by Crippen LogP contribution is -2.46. The van der Waals surface area contributed by atoms with E-state index >= 15 is 0 Å². The second-order valence-electron chi connectivity index (χ2n) is 6.04. The Kier molecular flexibility index (Phi) is 7.34. The minimum atomic E-state index is -0.405. The molecule has 0 unspecified atom stereocenters. The van der Waals surface area contributed by atoms with Gasteiger partial charge in [-0.3, -0.25) is 15.0 Å². The van der Waals surface area contributed by atoms with Gasteiger partial charge in [0.2, 0.25) is 5.91 Å². The van der Waals surface area contributed by atoms with Crippen molar-refractivity contribution in [3.8, 4) is 5.75 Å². The van der Waals surface area contributed by atoms with Crippen LogP contribution in [0.5, 0.6) is 5.75 Å². The van der Waals surface area contributed by atoms with Crippen molar-refractivity contribution < 1.29 is 14.3 Å². The van der Waals surface area contributed by atoms with E-state index in [9.17, 15) is 9.59 Å². The fourth-order valence-corrected chi connectivity index (χ4v) is 2.76. The zero-order valence-electron chi connectivity index (χ0n) is 13.9. The van der Waals surface area contributed by atoms with Crippen molar-refractivity contribution in [2.45, 2.75) is 31.7 Å². The molecule has 1 aromatic carbocycles. The third kappa shape index (κ3) is 6.76. The van der Waals surface area contributed by atoms with Gasteiger partial charge in [-0.1, -0.05) is 24.4 Å². The van der Waals surface area contributed by atoms with Gasteiger partial charge in [-0.25, -0.2) is 4.79 Å². The molecule has 1 fully saturated rings. The van der Waals surface area contributed by atoms with E-state index in [-0.39, 0.29) is 18.5 Å². The molecule has 2 N–H and O–H groups in total. The predicted molar refractivity (Wildman–Crippen MR) is 93.4 cm³/mol. The second-order valence-corrected chi connectivity index (χ2v) is 6.48. The largest absolute Gasteiger partial charge is 0.492 e. The second kappa shape index (κ2) is 9.49. The van der Waals surface area contributed by atoms with E-state index in [1.165, 1.54) is 0 Å². The summed E-state index contributed by atoms with van der Waals surface area (Å²) in [5.74, 6) is 0.410. The Labute approximate surface area is 147 Å². The number of benzene rings is 1. The zero-order chi connectivity index (χ0) is 17.4. The van der Waals surface area contributed by atoms with Crippen molar-refractivity contribution in [2.75, 3.05) is 26.7 Å². The van der Waals surface area contributed by atoms with Gasteiger partial charge in [-0.05, 0) is 44.2 Å². The Balaban J connectivity index is 1.60. The maximum atomic E-state index is 11.8. The maximum absolute atomic E-state index is 11.8. The van der Waals surface area contributed by atoms with Crippen molar-refractivity contribution in [3.63, 3.8) is 0 Å². The first-order valence-corrected chi connectivity index (χ1v) is 8.58. The SMILES string of the molecule is CN(CCOc1ccc(Cl)cc1)CC(=O)NC(=O)NC1CCCC1. The molecule has 1 aliphatic rings. The molecular formula is C17H24ClN3O3. The Morgan fingerprint density at radius 2 is 1.92 bits per heavy atom. The first kappa shape index (κ1) is 18.5. The van der Waals surface area contributed by atoms with Crippen molar-refractivity contribution in [3.05, 3.63) is 29.3 Å². The summed E-state index contributed by atoms with van der Waals surface area (Å²) in [5.41, 5.74) is 0. The lowest BCUT2D eigenvalue weighted by Gasteiger charge is -2.17. The van der Waals surface area contributed by atoms with Gasteiger partial charge in [0, 0.05) is 17.6 Å². The zero-order valence-corrected chi connectivity index (χ0v) is 14.6. The van der Waals surface area contributed by atoms with E-state index in [1.54, 1.807) is 36.2 Å². The number of rotatable bonds is 7. The number of hydrogen-bond donors (Lipinski definition) is 2. The molecule has 3 amide bonds. The normalized spacial score (nSPS) is 14.6. The molecule has 2 rings (SSSR count). The smallest absolute Gasteiger partial charge is 0.321 e. The van der Waals surface area contributed by atoms with Crippen LogP contribution < -0.4 is 15.4 Å². The first-order chi connectivity index (χ1) is 11.5. The van der Waals surface area contributed by atoms with Crippen LogP contribution in [0, 0.1) is 0 Å². The number of nitrogens with one attached hydrogen (secondary N) is 2. The lowest BCUT2D eigenvalue weighted by atomic mass is 10.2. The molecule has 0 aliphatic heterocycles. The highest BCUT2D eigenvalue weighted by atomic mass is 35.5. The van der Waals surface area contributed by atoms with Crippen LogP contribution >= 0.6 is 11.6 Å². The number of likely N-dealkylation sites (N-methyl/N-ethyl adjacent to an activating group) is 1. The molecule has 132 valence electrons. The van der Waals surface area contributed by atoms with Crippen LogP contribution in [-0.4, -0.2) is 49.6 Å². The molecule has 0 atom stereocenters. The van der Waals surface area contributed by atoms with Gasteiger partial charge < -0.3 is 10.1 Å². The number of amides is 3. The summed E-state index contributed by atoms with van der Waals surface area (Å²) in [4.78, 5) is 25.4. The topological polar surface area (TPSA) is 70.7 Å². The number of imide groups is 1. The molecule has 0 aromatic heterocycles. The molecule has 1 aliphatic carbocycles. The van der Waals surface area contributed by atoms with Gasteiger partial charge in [0.1, 0.15) is 12.4 Å². The monoisotopic (exact) mass is 353 g/mol. The Bertz CT molecular complexity index is 545. The summed E-state index contributed by atoms with van der Waals surface area (Å²) in [6.45, 7) is 1.15. The lowest BCUT2D eigenvalue weighted by molar-refractivity contribution is -0.120. The van der Waals surface area contributed by atoms with Gasteiger partial charge in [0.25, 0.3) is 0 Å². The summed E-state index contributed by atoms with van der Waals surface area (Å²) < 4.78 is 5.57. The van der Waals surface area contributed by atoms with Crippen LogP contribution in [0.1, 0.15) is 25.7 Å². The molecule has 0 radical (unpaired) electrons. The molecule has 0 heterocycles. The number of nitrogens with zero attached hydrogens (tertiary/aromatic N) is 1. The van der Waals surface area contributed by atoms with Crippen molar-refractivity contribution >= 4 is 23.5 Å². The summed E-state index contributed by atoms with van der Waals surface area (Å²) in [7, 11) is 1.81. The number of urea groups is 1. The van der Waals surface area contributed by atoms with E-state index in [2.05, 4.69) is 10.6 Å². The fourth-order valence-electron chi connectivity index (χ4n) is 2.63. The van der Waals surface area contributed by atoms with Crippen LogP contribution in [0.25, 0.3) is 0 Å².